The van der Waals surface area contributed by atoms with Crippen molar-refractivity contribution in [2.24, 2.45) is 0 Å². The summed E-state index contributed by atoms with van der Waals surface area (Å²) >= 11 is 0. The largest absolute Gasteiger partial charge is 0.494 e. The molecule has 0 bridgehead atoms. The molecule has 2 atom stereocenters. The average molecular weight is 990 g/mol. The fourth-order valence-corrected chi connectivity index (χ4v) is 10.2. The van der Waals surface area contributed by atoms with Crippen LogP contribution in [0.2, 0.25) is 0 Å². The SMILES string of the molecule is CCCCCCCCCCCCCCCCCCCCCCOCCCCCCCCCCCCOc1ccc2c(c1)C(OC(=O)[C@H](C)NC(=O)OCc1ccccc1)(c1cccc(F)c1)c1ccccc1-2. The van der Waals surface area contributed by atoms with Crippen molar-refractivity contribution in [3.8, 4) is 16.9 Å². The van der Waals surface area contributed by atoms with E-state index in [-0.39, 0.29) is 6.61 Å². The van der Waals surface area contributed by atoms with E-state index in [1.165, 1.54) is 192 Å². The van der Waals surface area contributed by atoms with Gasteiger partial charge in [-0.15, -0.1) is 0 Å². The zero-order valence-electron chi connectivity index (χ0n) is 44.7. The summed E-state index contributed by atoms with van der Waals surface area (Å²) in [5.41, 5.74) is 2.90. The number of alkyl carbamates (subject to hydrolysis) is 1. The van der Waals surface area contributed by atoms with E-state index < -0.39 is 29.5 Å². The Bertz CT molecular complexity index is 2070. The Balaban J connectivity index is 0.883. The monoisotopic (exact) mass is 990 g/mol. The number of halogens is 1. The van der Waals surface area contributed by atoms with Gasteiger partial charge in [-0.3, -0.25) is 0 Å². The second-order valence-corrected chi connectivity index (χ2v) is 20.5. The lowest BCUT2D eigenvalue weighted by Gasteiger charge is -2.33. The van der Waals surface area contributed by atoms with Crippen molar-refractivity contribution in [3.63, 3.8) is 0 Å². The maximum Gasteiger partial charge on any atom is 0.408 e. The van der Waals surface area contributed by atoms with Crippen molar-refractivity contribution in [1.29, 1.82) is 0 Å². The van der Waals surface area contributed by atoms with Crippen molar-refractivity contribution in [1.82, 2.24) is 5.32 Å². The number of ether oxygens (including phenoxy) is 4. The first-order valence-corrected chi connectivity index (χ1v) is 28.8. The van der Waals surface area contributed by atoms with E-state index in [2.05, 4.69) is 12.2 Å². The molecule has 1 aliphatic rings. The number of hydrogen-bond acceptors (Lipinski definition) is 6. The highest BCUT2D eigenvalue weighted by Crippen LogP contribution is 2.54. The smallest absolute Gasteiger partial charge is 0.408 e. The van der Waals surface area contributed by atoms with E-state index in [9.17, 15) is 9.59 Å². The van der Waals surface area contributed by atoms with Gasteiger partial charge in [0.05, 0.1) is 6.61 Å². The molecular formula is C64H92FNO6. The maximum atomic E-state index is 15.0. The Labute approximate surface area is 435 Å². The molecule has 1 N–H and O–H groups in total. The highest BCUT2D eigenvalue weighted by Gasteiger charge is 2.49. The van der Waals surface area contributed by atoms with Gasteiger partial charge in [-0.2, -0.15) is 0 Å². The van der Waals surface area contributed by atoms with Crippen LogP contribution >= 0.6 is 0 Å². The van der Waals surface area contributed by atoms with Crippen LogP contribution in [0.25, 0.3) is 11.1 Å². The van der Waals surface area contributed by atoms with E-state index in [0.717, 1.165) is 42.7 Å². The summed E-state index contributed by atoms with van der Waals surface area (Å²) in [7, 11) is 0. The summed E-state index contributed by atoms with van der Waals surface area (Å²) in [5.74, 6) is -0.500. The van der Waals surface area contributed by atoms with Crippen LogP contribution in [-0.2, 0) is 31.2 Å². The van der Waals surface area contributed by atoms with Crippen LogP contribution in [0.15, 0.2) is 97.1 Å². The van der Waals surface area contributed by atoms with Crippen molar-refractivity contribution >= 4 is 12.1 Å². The third kappa shape index (κ3) is 21.0. The predicted molar refractivity (Wildman–Crippen MR) is 294 cm³/mol. The van der Waals surface area contributed by atoms with Gasteiger partial charge in [-0.05, 0) is 67.1 Å². The quantitative estimate of drug-likeness (QED) is 0.0352. The summed E-state index contributed by atoms with van der Waals surface area (Å²) in [6, 6.07) is 27.9. The van der Waals surface area contributed by atoms with E-state index >= 15 is 4.39 Å². The van der Waals surface area contributed by atoms with Gasteiger partial charge in [-0.1, -0.05) is 253 Å². The molecule has 0 spiro atoms. The molecule has 0 aliphatic heterocycles. The highest BCUT2D eigenvalue weighted by atomic mass is 19.1. The Hall–Kier alpha value is -4.69. The molecule has 8 heteroatoms. The molecule has 396 valence electrons. The molecule has 1 unspecified atom stereocenters. The molecule has 1 amide bonds. The molecule has 5 rings (SSSR count). The number of nitrogens with one attached hydrogen (secondary N) is 1. The van der Waals surface area contributed by atoms with Crippen LogP contribution < -0.4 is 10.1 Å². The predicted octanol–water partition coefficient (Wildman–Crippen LogP) is 18.1. The van der Waals surface area contributed by atoms with Gasteiger partial charge in [-0.25, -0.2) is 14.0 Å². The number of carbonyl (C=O) groups excluding carboxylic acids is 2. The lowest BCUT2D eigenvalue weighted by Crippen LogP contribution is -2.44. The lowest BCUT2D eigenvalue weighted by atomic mass is 9.83. The van der Waals surface area contributed by atoms with Gasteiger partial charge < -0.3 is 24.3 Å². The normalized spacial score (nSPS) is 14.2. The minimum absolute atomic E-state index is 0.0573. The Morgan fingerprint density at radius 2 is 1.00 bits per heavy atom. The van der Waals surface area contributed by atoms with E-state index in [1.54, 1.807) is 19.1 Å². The molecule has 4 aromatic carbocycles. The van der Waals surface area contributed by atoms with Crippen molar-refractivity contribution in [2.75, 3.05) is 19.8 Å². The third-order valence-electron chi connectivity index (χ3n) is 14.4. The first kappa shape index (κ1) is 58.2. The number of esters is 1. The molecule has 0 heterocycles. The maximum absolute atomic E-state index is 15.0. The van der Waals surface area contributed by atoms with Crippen LogP contribution in [0.5, 0.6) is 5.75 Å². The van der Waals surface area contributed by atoms with Gasteiger partial charge in [0, 0.05) is 29.9 Å². The van der Waals surface area contributed by atoms with E-state index in [0.29, 0.717) is 29.0 Å². The minimum atomic E-state index is -1.49. The number of rotatable bonds is 41. The molecule has 4 aromatic rings. The number of fused-ring (bicyclic) bond motifs is 3. The number of unbranched alkanes of at least 4 members (excludes halogenated alkanes) is 28. The van der Waals surface area contributed by atoms with Crippen molar-refractivity contribution in [3.05, 3.63) is 125 Å². The molecule has 0 aromatic heterocycles. The second-order valence-electron chi connectivity index (χ2n) is 20.5. The Morgan fingerprint density at radius 3 is 1.54 bits per heavy atom. The van der Waals surface area contributed by atoms with Gasteiger partial charge in [0.2, 0.25) is 0 Å². The molecule has 1 aliphatic carbocycles. The molecule has 0 fully saturated rings. The highest BCUT2D eigenvalue weighted by molar-refractivity contribution is 5.87. The van der Waals surface area contributed by atoms with Crippen LogP contribution in [0, 0.1) is 5.82 Å². The van der Waals surface area contributed by atoms with Crippen LogP contribution in [-0.4, -0.2) is 37.9 Å². The van der Waals surface area contributed by atoms with Gasteiger partial charge >= 0.3 is 12.1 Å². The summed E-state index contributed by atoms with van der Waals surface area (Å²) in [5, 5.41) is 2.61. The molecule has 0 saturated heterocycles. The van der Waals surface area contributed by atoms with Gasteiger partial charge in [0.1, 0.15) is 24.2 Å². The number of benzene rings is 4. The summed E-state index contributed by atoms with van der Waals surface area (Å²) in [6.07, 6.45) is 39.6. The molecule has 72 heavy (non-hydrogen) atoms. The third-order valence-corrected chi connectivity index (χ3v) is 14.4. The standard InChI is InChI=1S/C64H92FNO6/c1-3-4-5-6-7-8-9-10-11-12-13-14-15-16-17-18-21-24-27-35-47-69-48-36-28-25-22-19-20-23-26-29-37-49-70-57-45-46-59-58-43-33-34-44-60(58)64(61(59)51-57,55-41-38-42-56(65)50-55)72-62(67)53(2)66-63(68)71-52-54-39-31-30-32-40-54/h30-34,38-46,50-51,53H,3-29,35-37,47-49,52H2,1-2H3,(H,66,68)/t53-,64?/m0/s1. The van der Waals surface area contributed by atoms with E-state index in [1.807, 2.05) is 72.8 Å². The Morgan fingerprint density at radius 1 is 0.514 bits per heavy atom. The fourth-order valence-electron chi connectivity index (χ4n) is 10.2. The fraction of sp³-hybridized carbons (Fsp3) is 0.594. The molecule has 0 radical (unpaired) electrons. The van der Waals surface area contributed by atoms with Crippen LogP contribution in [0.3, 0.4) is 0 Å². The summed E-state index contributed by atoms with van der Waals surface area (Å²) in [6.45, 7) is 6.30. The molecule has 7 nitrogen and oxygen atoms in total. The number of amides is 1. The van der Waals surface area contributed by atoms with Crippen molar-refractivity contribution < 1.29 is 32.9 Å². The van der Waals surface area contributed by atoms with E-state index in [4.69, 9.17) is 18.9 Å². The zero-order chi connectivity index (χ0) is 50.7. The number of carbonyl (C=O) groups is 2. The minimum Gasteiger partial charge on any atom is -0.494 e. The van der Waals surface area contributed by atoms with Gasteiger partial charge in [0.25, 0.3) is 0 Å². The zero-order valence-corrected chi connectivity index (χ0v) is 44.7. The summed E-state index contributed by atoms with van der Waals surface area (Å²) in [4.78, 5) is 26.7. The first-order chi connectivity index (χ1) is 35.4. The molecular weight excluding hydrogens is 898 g/mol. The second kappa shape index (κ2) is 35.5. The van der Waals surface area contributed by atoms with Gasteiger partial charge in [0.15, 0.2) is 5.60 Å². The van der Waals surface area contributed by atoms with Crippen molar-refractivity contribution in [2.45, 2.75) is 225 Å². The van der Waals surface area contributed by atoms with Crippen LogP contribution in [0.4, 0.5) is 9.18 Å². The summed E-state index contributed by atoms with van der Waals surface area (Å²) < 4.78 is 39.2. The average Bonchev–Trinajstić information content (AvgIpc) is 3.67. The molecule has 0 saturated carbocycles. The topological polar surface area (TPSA) is 83.1 Å². The Kier molecular flexibility index (Phi) is 28.7. The number of hydrogen-bond donors (Lipinski definition) is 1. The first-order valence-electron chi connectivity index (χ1n) is 28.8. The van der Waals surface area contributed by atoms with Crippen LogP contribution in [0.1, 0.15) is 229 Å². The lowest BCUT2D eigenvalue weighted by molar-refractivity contribution is -0.155.